The standard InChI is InChI=1S/C23H26F3N3O4/c1-2-32-14-15-4-3-11-29(13-15)19-12-18(16-5-7-17(8-6-16)23(24,25)26)27-21(28-19)33-22(9-10-22)20(30)31/h5-8,12,15H,2-4,9-11,13-14H2,1H3,(H,30,31)/t15-/m0/s1. The second-order valence-electron chi connectivity index (χ2n) is 8.48. The van der Waals surface area contributed by atoms with E-state index in [9.17, 15) is 23.1 Å². The molecule has 1 aromatic carbocycles. The molecule has 0 radical (unpaired) electrons. The van der Waals surface area contributed by atoms with Crippen molar-refractivity contribution in [1.29, 1.82) is 0 Å². The van der Waals surface area contributed by atoms with E-state index in [-0.39, 0.29) is 6.01 Å². The maximum atomic E-state index is 13.0. The molecule has 1 saturated carbocycles. The number of aromatic nitrogens is 2. The zero-order valence-electron chi connectivity index (χ0n) is 18.3. The molecule has 2 aromatic rings. The molecule has 2 fully saturated rings. The molecule has 4 rings (SSSR count). The van der Waals surface area contributed by atoms with Crippen LogP contribution in [0, 0.1) is 5.92 Å². The Hall–Kier alpha value is -2.88. The molecular weight excluding hydrogens is 439 g/mol. The van der Waals surface area contributed by atoms with Crippen molar-refractivity contribution >= 4 is 11.8 Å². The van der Waals surface area contributed by atoms with Crippen LogP contribution in [-0.2, 0) is 15.7 Å². The molecule has 1 saturated heterocycles. The third-order valence-electron chi connectivity index (χ3n) is 5.98. The minimum Gasteiger partial charge on any atom is -0.478 e. The maximum Gasteiger partial charge on any atom is 0.416 e. The van der Waals surface area contributed by atoms with E-state index in [1.54, 1.807) is 6.07 Å². The lowest BCUT2D eigenvalue weighted by Crippen LogP contribution is -2.38. The average molecular weight is 465 g/mol. The van der Waals surface area contributed by atoms with Crippen LogP contribution in [0.15, 0.2) is 30.3 Å². The highest BCUT2D eigenvalue weighted by Gasteiger charge is 2.54. The zero-order valence-corrected chi connectivity index (χ0v) is 18.3. The first kappa shape index (κ1) is 23.3. The Labute approximate surface area is 189 Å². The van der Waals surface area contributed by atoms with Gasteiger partial charge in [-0.15, -0.1) is 0 Å². The second-order valence-corrected chi connectivity index (χ2v) is 8.48. The van der Waals surface area contributed by atoms with Crippen LogP contribution in [0.4, 0.5) is 19.0 Å². The van der Waals surface area contributed by atoms with E-state index < -0.39 is 23.3 Å². The largest absolute Gasteiger partial charge is 0.478 e. The van der Waals surface area contributed by atoms with Gasteiger partial charge in [0.1, 0.15) is 5.82 Å². The molecule has 0 unspecified atom stereocenters. The summed E-state index contributed by atoms with van der Waals surface area (Å²) in [6.07, 6.45) is -1.77. The number of piperidine rings is 1. The van der Waals surface area contributed by atoms with Gasteiger partial charge in [-0.25, -0.2) is 4.79 Å². The summed E-state index contributed by atoms with van der Waals surface area (Å²) in [4.78, 5) is 22.5. The predicted molar refractivity (Wildman–Crippen MR) is 114 cm³/mol. The van der Waals surface area contributed by atoms with Crippen molar-refractivity contribution < 1.29 is 32.5 Å². The number of aliphatic carboxylic acids is 1. The van der Waals surface area contributed by atoms with Gasteiger partial charge in [-0.2, -0.15) is 23.1 Å². The first-order valence-corrected chi connectivity index (χ1v) is 11.0. The van der Waals surface area contributed by atoms with E-state index in [4.69, 9.17) is 9.47 Å². The van der Waals surface area contributed by atoms with Crippen molar-refractivity contribution in [1.82, 2.24) is 9.97 Å². The van der Waals surface area contributed by atoms with Gasteiger partial charge < -0.3 is 19.5 Å². The van der Waals surface area contributed by atoms with Gasteiger partial charge in [0.05, 0.1) is 17.9 Å². The fourth-order valence-corrected chi connectivity index (χ4v) is 3.94. The number of carboxylic acids is 1. The molecule has 1 N–H and O–H groups in total. The lowest BCUT2D eigenvalue weighted by Gasteiger charge is -2.33. The predicted octanol–water partition coefficient (Wildman–Crippen LogP) is 4.41. The van der Waals surface area contributed by atoms with Crippen molar-refractivity contribution in [3.05, 3.63) is 35.9 Å². The average Bonchev–Trinajstić information content (AvgIpc) is 3.58. The highest BCUT2D eigenvalue weighted by atomic mass is 19.4. The molecule has 2 heterocycles. The molecule has 2 aliphatic rings. The van der Waals surface area contributed by atoms with Crippen LogP contribution in [0.2, 0.25) is 0 Å². The SMILES string of the molecule is CCOC[C@H]1CCCN(c2cc(-c3ccc(C(F)(F)F)cc3)nc(OC3(C(=O)O)CC3)n2)C1. The summed E-state index contributed by atoms with van der Waals surface area (Å²) in [7, 11) is 0. The Morgan fingerprint density at radius 1 is 1.24 bits per heavy atom. The Bertz CT molecular complexity index is 993. The topological polar surface area (TPSA) is 84.8 Å². The molecule has 10 heteroatoms. The normalized spacial score (nSPS) is 19.9. The molecule has 7 nitrogen and oxygen atoms in total. The Morgan fingerprint density at radius 3 is 2.58 bits per heavy atom. The van der Waals surface area contributed by atoms with Gasteiger partial charge in [-0.1, -0.05) is 12.1 Å². The monoisotopic (exact) mass is 465 g/mol. The van der Waals surface area contributed by atoms with Crippen molar-refractivity contribution in [3.63, 3.8) is 0 Å². The molecule has 1 atom stereocenters. The van der Waals surface area contributed by atoms with Crippen LogP contribution in [0.3, 0.4) is 0 Å². The lowest BCUT2D eigenvalue weighted by molar-refractivity contribution is -0.147. The van der Waals surface area contributed by atoms with Gasteiger partial charge in [0.15, 0.2) is 0 Å². The van der Waals surface area contributed by atoms with Crippen LogP contribution in [0.25, 0.3) is 11.3 Å². The Morgan fingerprint density at radius 2 is 1.97 bits per heavy atom. The Balaban J connectivity index is 1.66. The third kappa shape index (κ3) is 5.38. The number of ether oxygens (including phenoxy) is 2. The summed E-state index contributed by atoms with van der Waals surface area (Å²) in [6, 6.07) is 6.30. The quantitative estimate of drug-likeness (QED) is 0.618. The van der Waals surface area contributed by atoms with Crippen molar-refractivity contribution in [3.8, 4) is 17.3 Å². The summed E-state index contributed by atoms with van der Waals surface area (Å²) in [6.45, 7) is 4.66. The number of alkyl halides is 3. The smallest absolute Gasteiger partial charge is 0.416 e. The number of rotatable bonds is 8. The molecule has 0 bridgehead atoms. The minimum absolute atomic E-state index is 0.0887. The first-order chi connectivity index (χ1) is 15.7. The van der Waals surface area contributed by atoms with Crippen LogP contribution in [0.5, 0.6) is 6.01 Å². The number of carbonyl (C=O) groups is 1. The van der Waals surface area contributed by atoms with Gasteiger partial charge in [-0.3, -0.25) is 0 Å². The lowest BCUT2D eigenvalue weighted by atomic mass is 9.99. The minimum atomic E-state index is -4.44. The van der Waals surface area contributed by atoms with Crippen molar-refractivity contribution in [2.24, 2.45) is 5.92 Å². The van der Waals surface area contributed by atoms with Gasteiger partial charge in [0, 0.05) is 44.2 Å². The number of carboxylic acid groups (broad SMARTS) is 1. The summed E-state index contributed by atoms with van der Waals surface area (Å²) >= 11 is 0. The molecule has 33 heavy (non-hydrogen) atoms. The molecule has 1 aliphatic carbocycles. The van der Waals surface area contributed by atoms with E-state index in [1.807, 2.05) is 6.92 Å². The van der Waals surface area contributed by atoms with Crippen LogP contribution >= 0.6 is 0 Å². The highest BCUT2D eigenvalue weighted by Crippen LogP contribution is 2.40. The van der Waals surface area contributed by atoms with Crippen LogP contribution < -0.4 is 9.64 Å². The highest BCUT2D eigenvalue weighted by molar-refractivity contribution is 5.81. The zero-order chi connectivity index (χ0) is 23.6. The van der Waals surface area contributed by atoms with Crippen molar-refractivity contribution in [2.75, 3.05) is 31.2 Å². The number of anilines is 1. The van der Waals surface area contributed by atoms with Crippen LogP contribution in [-0.4, -0.2) is 52.9 Å². The van der Waals surface area contributed by atoms with E-state index in [0.29, 0.717) is 55.6 Å². The fraction of sp³-hybridized carbons (Fsp3) is 0.522. The van der Waals surface area contributed by atoms with Gasteiger partial charge in [-0.05, 0) is 37.8 Å². The van der Waals surface area contributed by atoms with E-state index in [2.05, 4.69) is 14.9 Å². The number of hydrogen-bond acceptors (Lipinski definition) is 6. The number of benzene rings is 1. The third-order valence-corrected chi connectivity index (χ3v) is 5.98. The Kier molecular flexibility index (Phi) is 6.47. The maximum absolute atomic E-state index is 13.0. The van der Waals surface area contributed by atoms with E-state index in [1.165, 1.54) is 12.1 Å². The van der Waals surface area contributed by atoms with Gasteiger partial charge >= 0.3 is 18.2 Å². The fourth-order valence-electron chi connectivity index (χ4n) is 3.94. The van der Waals surface area contributed by atoms with E-state index >= 15 is 0 Å². The molecule has 0 amide bonds. The summed E-state index contributed by atoms with van der Waals surface area (Å²) in [5.41, 5.74) is -1.26. The van der Waals surface area contributed by atoms with Crippen LogP contribution in [0.1, 0.15) is 38.2 Å². The van der Waals surface area contributed by atoms with Gasteiger partial charge in [0.25, 0.3) is 0 Å². The number of hydrogen-bond donors (Lipinski definition) is 1. The summed E-state index contributed by atoms with van der Waals surface area (Å²) in [5.74, 6) is -0.207. The van der Waals surface area contributed by atoms with Crippen molar-refractivity contribution in [2.45, 2.75) is 44.4 Å². The molecular formula is C23H26F3N3O4. The van der Waals surface area contributed by atoms with E-state index in [0.717, 1.165) is 31.5 Å². The molecule has 1 aromatic heterocycles. The van der Waals surface area contributed by atoms with Gasteiger partial charge in [0.2, 0.25) is 5.60 Å². The molecule has 178 valence electrons. The second kappa shape index (κ2) is 9.17. The molecule has 0 spiro atoms. The summed E-state index contributed by atoms with van der Waals surface area (Å²) < 4.78 is 50.2. The number of halogens is 3. The number of nitrogens with zero attached hydrogens (tertiary/aromatic N) is 3. The summed E-state index contributed by atoms with van der Waals surface area (Å²) in [5, 5.41) is 9.48. The first-order valence-electron chi connectivity index (χ1n) is 11.0. The molecule has 1 aliphatic heterocycles.